The molecule has 222 valence electrons. The first-order chi connectivity index (χ1) is 20.8. The lowest BCUT2D eigenvalue weighted by Gasteiger charge is -2.06. The molecule has 0 fully saturated rings. The van der Waals surface area contributed by atoms with Crippen LogP contribution in [0.1, 0.15) is 116 Å². The highest BCUT2D eigenvalue weighted by Gasteiger charge is 2.24. The highest BCUT2D eigenvalue weighted by Crippen LogP contribution is 2.30. The van der Waals surface area contributed by atoms with Gasteiger partial charge in [0.2, 0.25) is 11.6 Å². The van der Waals surface area contributed by atoms with Gasteiger partial charge in [-0.3, -0.25) is 9.59 Å². The van der Waals surface area contributed by atoms with E-state index in [0.29, 0.717) is 35.4 Å². The molecule has 0 bridgehead atoms. The van der Waals surface area contributed by atoms with E-state index < -0.39 is 0 Å². The van der Waals surface area contributed by atoms with Gasteiger partial charge in [-0.05, 0) is 72.9 Å². The summed E-state index contributed by atoms with van der Waals surface area (Å²) in [5.41, 5.74) is 14.6. The van der Waals surface area contributed by atoms with Gasteiger partial charge in [0.05, 0.1) is 11.4 Å². The molecule has 0 unspecified atom stereocenters. The minimum absolute atomic E-state index is 0.0336. The first-order valence-corrected chi connectivity index (χ1v) is 15.6. The average molecular weight is 574 g/mol. The van der Waals surface area contributed by atoms with Crippen molar-refractivity contribution < 1.29 is 9.59 Å². The summed E-state index contributed by atoms with van der Waals surface area (Å²) < 4.78 is 0. The van der Waals surface area contributed by atoms with Gasteiger partial charge in [0.15, 0.2) is 0 Å². The Morgan fingerprint density at radius 2 is 0.814 bits per heavy atom. The van der Waals surface area contributed by atoms with E-state index in [1.165, 1.54) is 33.6 Å². The summed E-state index contributed by atoms with van der Waals surface area (Å²) in [5, 5.41) is 0. The smallest absolute Gasteiger partial charge is 0.209 e. The monoisotopic (exact) mass is 573 g/mol. The Bertz CT molecular complexity index is 1620. The van der Waals surface area contributed by atoms with E-state index in [0.717, 1.165) is 48.2 Å². The van der Waals surface area contributed by atoms with Crippen LogP contribution < -0.4 is 0 Å². The zero-order valence-corrected chi connectivity index (χ0v) is 26.3. The van der Waals surface area contributed by atoms with Crippen LogP contribution in [-0.4, -0.2) is 26.5 Å². The van der Waals surface area contributed by atoms with Crippen LogP contribution in [0.3, 0.4) is 0 Å². The molecule has 0 radical (unpaired) electrons. The van der Waals surface area contributed by atoms with Gasteiger partial charge in [0.25, 0.3) is 0 Å². The standard InChI is InChI=1S/C38H43N3O2/c1-7-27-23(5)35(37(42)25-17-13-11-14-18-25)40-31(27)21-33-29(9-3)30(10-4)34(39-33)22-32-28(8-2)24(6)36(41-32)38(43)26-19-15-12-16-20-26/h11-20,39-41H,7-10,21-22H2,1-6H3. The maximum absolute atomic E-state index is 13.4. The Morgan fingerprint density at radius 1 is 0.488 bits per heavy atom. The third-order valence-electron chi connectivity index (χ3n) is 8.98. The molecule has 3 aromatic heterocycles. The number of H-pyrrole nitrogens is 3. The largest absolute Gasteiger partial charge is 0.361 e. The molecule has 0 amide bonds. The second-order valence-corrected chi connectivity index (χ2v) is 11.4. The Labute approximate surface area is 255 Å². The topological polar surface area (TPSA) is 81.5 Å². The van der Waals surface area contributed by atoms with E-state index in [9.17, 15) is 9.59 Å². The molecule has 0 spiro atoms. The van der Waals surface area contributed by atoms with Gasteiger partial charge in [-0.2, -0.15) is 0 Å². The molecule has 2 aromatic carbocycles. The van der Waals surface area contributed by atoms with Crippen LogP contribution in [0.15, 0.2) is 60.7 Å². The third kappa shape index (κ3) is 5.69. The second-order valence-electron chi connectivity index (χ2n) is 11.4. The first kappa shape index (κ1) is 30.1. The highest BCUT2D eigenvalue weighted by atomic mass is 16.1. The number of aromatic amines is 3. The zero-order chi connectivity index (χ0) is 30.7. The van der Waals surface area contributed by atoms with Crippen LogP contribution in [0.4, 0.5) is 0 Å². The van der Waals surface area contributed by atoms with Gasteiger partial charge in [0, 0.05) is 46.7 Å². The SMILES string of the molecule is CCc1c(Cc2[nH]c(Cc3[nH]c(C(=O)c4ccccc4)c(C)c3CC)c(CC)c2CC)[nH]c(C(=O)c2ccccc2)c1C. The Kier molecular flexibility index (Phi) is 9.00. The third-order valence-corrected chi connectivity index (χ3v) is 8.98. The first-order valence-electron chi connectivity index (χ1n) is 15.6. The molecular weight excluding hydrogens is 530 g/mol. The molecule has 0 saturated heterocycles. The fraction of sp³-hybridized carbons (Fsp3) is 0.316. The van der Waals surface area contributed by atoms with Crippen molar-refractivity contribution in [2.75, 3.05) is 0 Å². The summed E-state index contributed by atoms with van der Waals surface area (Å²) >= 11 is 0. The number of aromatic nitrogens is 3. The second kappa shape index (κ2) is 12.9. The number of rotatable bonds is 12. The van der Waals surface area contributed by atoms with Crippen molar-refractivity contribution in [2.24, 2.45) is 0 Å². The average Bonchev–Trinajstić information content (AvgIpc) is 3.66. The van der Waals surface area contributed by atoms with Crippen molar-refractivity contribution >= 4 is 11.6 Å². The van der Waals surface area contributed by atoms with Crippen LogP contribution in [0, 0.1) is 13.8 Å². The van der Waals surface area contributed by atoms with E-state index >= 15 is 0 Å². The summed E-state index contributed by atoms with van der Waals surface area (Å²) in [5.74, 6) is 0.0671. The molecule has 0 aliphatic heterocycles. The number of hydrogen-bond donors (Lipinski definition) is 3. The zero-order valence-electron chi connectivity index (χ0n) is 26.3. The predicted octanol–water partition coefficient (Wildman–Crippen LogP) is 8.18. The molecule has 0 aliphatic carbocycles. The van der Waals surface area contributed by atoms with Crippen molar-refractivity contribution in [3.8, 4) is 0 Å². The van der Waals surface area contributed by atoms with Crippen LogP contribution in [-0.2, 0) is 38.5 Å². The summed E-state index contributed by atoms with van der Waals surface area (Å²) in [7, 11) is 0. The van der Waals surface area contributed by atoms with E-state index in [2.05, 4.69) is 56.5 Å². The predicted molar refractivity (Wildman–Crippen MR) is 175 cm³/mol. The molecule has 0 atom stereocenters. The van der Waals surface area contributed by atoms with Gasteiger partial charge in [-0.15, -0.1) is 0 Å². The lowest BCUT2D eigenvalue weighted by molar-refractivity contribution is 0.102. The number of carbonyl (C=O) groups excluding carboxylic acids is 2. The van der Waals surface area contributed by atoms with Crippen molar-refractivity contribution in [1.29, 1.82) is 0 Å². The number of carbonyl (C=O) groups is 2. The Balaban J connectivity index is 1.50. The lowest BCUT2D eigenvalue weighted by Crippen LogP contribution is -2.04. The highest BCUT2D eigenvalue weighted by molar-refractivity contribution is 6.09. The van der Waals surface area contributed by atoms with Crippen molar-refractivity contribution in [2.45, 2.75) is 80.1 Å². The van der Waals surface area contributed by atoms with Gasteiger partial charge in [-0.25, -0.2) is 0 Å². The lowest BCUT2D eigenvalue weighted by atomic mass is 9.97. The maximum atomic E-state index is 13.4. The van der Waals surface area contributed by atoms with Gasteiger partial charge < -0.3 is 15.0 Å². The van der Waals surface area contributed by atoms with Crippen molar-refractivity contribution in [3.05, 3.63) is 139 Å². The van der Waals surface area contributed by atoms with Gasteiger partial charge >= 0.3 is 0 Å². The normalized spacial score (nSPS) is 11.3. The van der Waals surface area contributed by atoms with E-state index in [-0.39, 0.29) is 11.6 Å². The summed E-state index contributed by atoms with van der Waals surface area (Å²) in [4.78, 5) is 37.7. The molecule has 5 heteroatoms. The van der Waals surface area contributed by atoms with Crippen LogP contribution in [0.25, 0.3) is 0 Å². The van der Waals surface area contributed by atoms with Gasteiger partial charge in [-0.1, -0.05) is 88.4 Å². The molecule has 3 N–H and O–H groups in total. The number of hydrogen-bond acceptors (Lipinski definition) is 2. The van der Waals surface area contributed by atoms with Crippen LogP contribution in [0.5, 0.6) is 0 Å². The fourth-order valence-corrected chi connectivity index (χ4v) is 6.78. The number of ketones is 2. The van der Waals surface area contributed by atoms with Crippen molar-refractivity contribution in [3.63, 3.8) is 0 Å². The summed E-state index contributed by atoms with van der Waals surface area (Å²) in [6.07, 6.45) is 4.99. The molecule has 5 aromatic rings. The van der Waals surface area contributed by atoms with Gasteiger partial charge in [0.1, 0.15) is 0 Å². The van der Waals surface area contributed by atoms with Crippen molar-refractivity contribution in [1.82, 2.24) is 15.0 Å². The quantitative estimate of drug-likeness (QED) is 0.132. The molecule has 43 heavy (non-hydrogen) atoms. The van der Waals surface area contributed by atoms with Crippen LogP contribution in [0.2, 0.25) is 0 Å². The van der Waals surface area contributed by atoms with E-state index in [1.807, 2.05) is 60.7 Å². The minimum Gasteiger partial charge on any atom is -0.361 e. The minimum atomic E-state index is 0.0336. The molecular formula is C38H43N3O2. The molecule has 0 saturated carbocycles. The summed E-state index contributed by atoms with van der Waals surface area (Å²) in [6, 6.07) is 19.0. The Hall–Kier alpha value is -4.38. The molecule has 0 aliphatic rings. The fourth-order valence-electron chi connectivity index (χ4n) is 6.78. The number of nitrogens with one attached hydrogen (secondary N) is 3. The van der Waals surface area contributed by atoms with E-state index in [1.54, 1.807) is 0 Å². The Morgan fingerprint density at radius 3 is 1.14 bits per heavy atom. The summed E-state index contributed by atoms with van der Waals surface area (Å²) in [6.45, 7) is 12.9. The molecule has 5 rings (SSSR count). The van der Waals surface area contributed by atoms with E-state index in [4.69, 9.17) is 0 Å². The van der Waals surface area contributed by atoms with Crippen LogP contribution >= 0.6 is 0 Å². The molecule has 3 heterocycles. The molecule has 5 nitrogen and oxygen atoms in total. The maximum Gasteiger partial charge on any atom is 0.209 e. The number of benzene rings is 2.